The number of unbranched alkanes of at least 4 members (excludes halogenated alkanes) is 2. The lowest BCUT2D eigenvalue weighted by Crippen LogP contribution is -2.24. The van der Waals surface area contributed by atoms with Crippen LogP contribution in [0.15, 0.2) is 54.2 Å². The van der Waals surface area contributed by atoms with Gasteiger partial charge < -0.3 is 9.88 Å². The molecule has 2 heterocycles. The van der Waals surface area contributed by atoms with Gasteiger partial charge in [-0.2, -0.15) is 0 Å². The molecule has 1 amide bonds. The quantitative estimate of drug-likeness (QED) is 0.524. The van der Waals surface area contributed by atoms with Crippen molar-refractivity contribution < 1.29 is 4.79 Å². The average Bonchev–Trinajstić information content (AvgIpc) is 3.28. The molecule has 0 spiro atoms. The smallest absolute Gasteiger partial charge is 0.263 e. The average molecular weight is 373 g/mol. The molecule has 1 N–H and O–H groups in total. The van der Waals surface area contributed by atoms with Crippen LogP contribution in [0.3, 0.4) is 0 Å². The molecule has 3 aromatic rings. The monoisotopic (exact) mass is 372 g/mol. The number of hydrogen-bond donors (Lipinski definition) is 1. The molecule has 0 unspecified atom stereocenters. The lowest BCUT2D eigenvalue weighted by atomic mass is 10.1. The minimum Gasteiger partial charge on any atom is -0.351 e. The summed E-state index contributed by atoms with van der Waals surface area (Å²) < 4.78 is 2.00. The van der Waals surface area contributed by atoms with E-state index in [9.17, 15) is 4.79 Å². The van der Waals surface area contributed by atoms with Crippen LogP contribution < -0.4 is 5.32 Å². The molecule has 0 aliphatic heterocycles. The van der Waals surface area contributed by atoms with Gasteiger partial charge in [0.25, 0.3) is 5.91 Å². The zero-order chi connectivity index (χ0) is 17.6. The van der Waals surface area contributed by atoms with Gasteiger partial charge in [-0.25, -0.2) is 0 Å². The fourth-order valence-corrected chi connectivity index (χ4v) is 3.86. The number of amides is 1. The van der Waals surface area contributed by atoms with Gasteiger partial charge in [-0.3, -0.25) is 4.79 Å². The normalized spacial score (nSPS) is 10.8. The molecule has 3 nitrogen and oxygen atoms in total. The Bertz CT molecular complexity index is 822. The van der Waals surface area contributed by atoms with E-state index < -0.39 is 0 Å². The van der Waals surface area contributed by atoms with Crippen LogP contribution in [-0.2, 0) is 0 Å². The Morgan fingerprint density at radius 1 is 1.16 bits per heavy atom. The van der Waals surface area contributed by atoms with Crippen LogP contribution in [0.4, 0.5) is 0 Å². The molecule has 25 heavy (non-hydrogen) atoms. The van der Waals surface area contributed by atoms with Crippen LogP contribution in [-0.4, -0.2) is 17.0 Å². The van der Waals surface area contributed by atoms with Crippen molar-refractivity contribution in [2.45, 2.75) is 26.2 Å². The molecule has 0 saturated heterocycles. The molecular formula is C20H21ClN2OS. The summed E-state index contributed by atoms with van der Waals surface area (Å²) in [4.78, 5) is 13.4. The highest BCUT2D eigenvalue weighted by atomic mass is 35.5. The van der Waals surface area contributed by atoms with Gasteiger partial charge >= 0.3 is 0 Å². The minimum absolute atomic E-state index is 0.00924. The molecule has 0 saturated carbocycles. The summed E-state index contributed by atoms with van der Waals surface area (Å²) in [5.74, 6) is -0.00924. The Morgan fingerprint density at radius 3 is 2.56 bits per heavy atom. The second-order valence-corrected chi connectivity index (χ2v) is 7.20. The maximum Gasteiger partial charge on any atom is 0.263 e. The number of benzene rings is 1. The first-order valence-corrected chi connectivity index (χ1v) is 9.75. The molecule has 5 heteroatoms. The van der Waals surface area contributed by atoms with Crippen molar-refractivity contribution >= 4 is 28.8 Å². The zero-order valence-corrected chi connectivity index (χ0v) is 15.7. The van der Waals surface area contributed by atoms with Crippen molar-refractivity contribution in [3.05, 3.63) is 64.1 Å². The summed E-state index contributed by atoms with van der Waals surface area (Å²) in [6, 6.07) is 11.6. The Balaban J connectivity index is 1.94. The van der Waals surface area contributed by atoms with Crippen LogP contribution in [0, 0.1) is 0 Å². The predicted molar refractivity (Wildman–Crippen MR) is 106 cm³/mol. The Kier molecular flexibility index (Phi) is 5.95. The van der Waals surface area contributed by atoms with E-state index in [0.717, 1.165) is 41.0 Å². The number of thiophene rings is 1. The molecule has 0 radical (unpaired) electrons. The van der Waals surface area contributed by atoms with Crippen molar-refractivity contribution in [3.63, 3.8) is 0 Å². The third kappa shape index (κ3) is 4.14. The molecule has 3 rings (SSSR count). The van der Waals surface area contributed by atoms with E-state index in [1.54, 1.807) is 0 Å². The third-order valence-electron chi connectivity index (χ3n) is 4.05. The van der Waals surface area contributed by atoms with Crippen molar-refractivity contribution in [2.24, 2.45) is 0 Å². The standard InChI is InChI=1S/C20H21ClN2OS/c1-2-3-4-11-22-20(24)19-18(23-12-5-6-13-23)17(14-25-19)15-7-9-16(21)10-8-15/h5-10,12-14H,2-4,11H2,1H3,(H,22,24). The van der Waals surface area contributed by atoms with Gasteiger partial charge in [0.2, 0.25) is 0 Å². The van der Waals surface area contributed by atoms with E-state index in [-0.39, 0.29) is 5.91 Å². The first kappa shape index (κ1) is 17.8. The molecule has 130 valence electrons. The van der Waals surface area contributed by atoms with Gasteiger partial charge in [0.1, 0.15) is 4.88 Å². The van der Waals surface area contributed by atoms with Crippen LogP contribution in [0.2, 0.25) is 5.02 Å². The van der Waals surface area contributed by atoms with Crippen LogP contribution >= 0.6 is 22.9 Å². The Hall–Kier alpha value is -2.04. The van der Waals surface area contributed by atoms with Crippen LogP contribution in [0.1, 0.15) is 35.9 Å². The van der Waals surface area contributed by atoms with Gasteiger partial charge in [-0.05, 0) is 36.2 Å². The fourth-order valence-electron chi connectivity index (χ4n) is 2.74. The van der Waals surface area contributed by atoms with Crippen molar-refractivity contribution in [1.29, 1.82) is 0 Å². The van der Waals surface area contributed by atoms with Gasteiger partial charge in [0.05, 0.1) is 5.69 Å². The predicted octanol–water partition coefficient (Wildman–Crippen LogP) is 5.78. The molecule has 0 aliphatic carbocycles. The molecule has 0 fully saturated rings. The van der Waals surface area contributed by atoms with Crippen LogP contribution in [0.25, 0.3) is 16.8 Å². The molecule has 2 aromatic heterocycles. The van der Waals surface area contributed by atoms with E-state index in [1.807, 2.05) is 58.7 Å². The van der Waals surface area contributed by atoms with E-state index in [2.05, 4.69) is 12.2 Å². The molecule has 0 bridgehead atoms. The van der Waals surface area contributed by atoms with Crippen molar-refractivity contribution in [1.82, 2.24) is 9.88 Å². The van der Waals surface area contributed by atoms with E-state index >= 15 is 0 Å². The van der Waals surface area contributed by atoms with Gasteiger partial charge in [-0.15, -0.1) is 11.3 Å². The molecule has 0 aliphatic rings. The summed E-state index contributed by atoms with van der Waals surface area (Å²) >= 11 is 7.49. The van der Waals surface area contributed by atoms with Crippen LogP contribution in [0.5, 0.6) is 0 Å². The van der Waals surface area contributed by atoms with Gasteiger partial charge in [0.15, 0.2) is 0 Å². The highest BCUT2D eigenvalue weighted by molar-refractivity contribution is 7.13. The lowest BCUT2D eigenvalue weighted by Gasteiger charge is -2.10. The maximum absolute atomic E-state index is 12.7. The fraction of sp³-hybridized carbons (Fsp3) is 0.250. The summed E-state index contributed by atoms with van der Waals surface area (Å²) in [7, 11) is 0. The summed E-state index contributed by atoms with van der Waals surface area (Å²) in [5, 5.41) is 5.79. The van der Waals surface area contributed by atoms with E-state index in [4.69, 9.17) is 11.6 Å². The second-order valence-electron chi connectivity index (χ2n) is 5.89. The molecular weight excluding hydrogens is 352 g/mol. The van der Waals surface area contributed by atoms with Crippen molar-refractivity contribution in [2.75, 3.05) is 6.54 Å². The number of carbonyl (C=O) groups excluding carboxylic acids is 1. The largest absolute Gasteiger partial charge is 0.351 e. The molecule has 0 atom stereocenters. The third-order valence-corrected chi connectivity index (χ3v) is 5.27. The minimum atomic E-state index is -0.00924. The highest BCUT2D eigenvalue weighted by Crippen LogP contribution is 2.35. The van der Waals surface area contributed by atoms with Gasteiger partial charge in [-0.1, -0.05) is 43.5 Å². The summed E-state index contributed by atoms with van der Waals surface area (Å²) in [6.07, 6.45) is 7.22. The Morgan fingerprint density at radius 2 is 1.88 bits per heavy atom. The number of aromatic nitrogens is 1. The second kappa shape index (κ2) is 8.37. The first-order chi connectivity index (χ1) is 12.2. The maximum atomic E-state index is 12.7. The SMILES string of the molecule is CCCCCNC(=O)c1scc(-c2ccc(Cl)cc2)c1-n1cccc1. The lowest BCUT2D eigenvalue weighted by molar-refractivity contribution is 0.0957. The highest BCUT2D eigenvalue weighted by Gasteiger charge is 2.20. The summed E-state index contributed by atoms with van der Waals surface area (Å²) in [5.41, 5.74) is 3.01. The number of hydrogen-bond acceptors (Lipinski definition) is 2. The topological polar surface area (TPSA) is 34.0 Å². The Labute approximate surface area is 157 Å². The number of rotatable bonds is 7. The number of carbonyl (C=O) groups is 1. The number of nitrogens with one attached hydrogen (secondary N) is 1. The van der Waals surface area contributed by atoms with Crippen molar-refractivity contribution in [3.8, 4) is 16.8 Å². The molecule has 1 aromatic carbocycles. The van der Waals surface area contributed by atoms with E-state index in [1.165, 1.54) is 11.3 Å². The first-order valence-electron chi connectivity index (χ1n) is 8.49. The number of halogens is 1. The van der Waals surface area contributed by atoms with Gasteiger partial charge in [0, 0.05) is 34.9 Å². The summed E-state index contributed by atoms with van der Waals surface area (Å²) in [6.45, 7) is 2.87. The van der Waals surface area contributed by atoms with E-state index in [0.29, 0.717) is 11.6 Å². The number of nitrogens with zero attached hydrogens (tertiary/aromatic N) is 1. The zero-order valence-electron chi connectivity index (χ0n) is 14.2.